The van der Waals surface area contributed by atoms with E-state index < -0.39 is 10.0 Å². The topological polar surface area (TPSA) is 58.2 Å². The Morgan fingerprint density at radius 1 is 1.30 bits per heavy atom. The first-order chi connectivity index (χ1) is 9.51. The molecule has 1 aromatic rings. The fourth-order valence-electron chi connectivity index (χ4n) is 1.97. The van der Waals surface area contributed by atoms with Crippen LogP contribution in [0.15, 0.2) is 16.3 Å². The van der Waals surface area contributed by atoms with Gasteiger partial charge in [-0.25, -0.2) is 13.1 Å². The molecule has 0 aliphatic carbocycles. The van der Waals surface area contributed by atoms with Gasteiger partial charge < -0.3 is 5.32 Å². The standard InChI is InChI=1S/C14H26N2O2S2/c1-4-6-7-12(3)16-20(17,18)14-8-10-19-13(14)11-15-9-5-2/h8,10,12,15-16H,4-7,9,11H2,1-3H3. The zero-order valence-electron chi connectivity index (χ0n) is 12.6. The fourth-order valence-corrected chi connectivity index (χ4v) is 4.66. The van der Waals surface area contributed by atoms with Crippen LogP contribution in [0.5, 0.6) is 0 Å². The molecule has 4 nitrogen and oxygen atoms in total. The second-order valence-corrected chi connectivity index (χ2v) is 7.73. The second kappa shape index (κ2) is 8.77. The molecule has 1 rings (SSSR count). The van der Waals surface area contributed by atoms with Crippen molar-refractivity contribution in [2.45, 2.75) is 63.9 Å². The minimum atomic E-state index is -3.39. The molecule has 0 amide bonds. The third kappa shape index (κ3) is 5.52. The van der Waals surface area contributed by atoms with E-state index in [1.165, 1.54) is 11.3 Å². The highest BCUT2D eigenvalue weighted by Gasteiger charge is 2.21. The quantitative estimate of drug-likeness (QED) is 0.652. The van der Waals surface area contributed by atoms with E-state index in [-0.39, 0.29) is 6.04 Å². The van der Waals surface area contributed by atoms with Crippen molar-refractivity contribution < 1.29 is 8.42 Å². The maximum atomic E-state index is 12.4. The molecule has 0 saturated carbocycles. The Balaban J connectivity index is 2.69. The number of hydrogen-bond donors (Lipinski definition) is 2. The highest BCUT2D eigenvalue weighted by Crippen LogP contribution is 2.22. The lowest BCUT2D eigenvalue weighted by molar-refractivity contribution is 0.533. The summed E-state index contributed by atoms with van der Waals surface area (Å²) in [5.74, 6) is 0. The number of thiophene rings is 1. The molecule has 0 fully saturated rings. The fraction of sp³-hybridized carbons (Fsp3) is 0.714. The van der Waals surface area contributed by atoms with Crippen molar-refractivity contribution in [3.05, 3.63) is 16.3 Å². The van der Waals surface area contributed by atoms with Gasteiger partial charge in [0.05, 0.1) is 4.90 Å². The summed E-state index contributed by atoms with van der Waals surface area (Å²) in [6.45, 7) is 7.64. The molecule has 116 valence electrons. The third-order valence-corrected chi connectivity index (χ3v) is 5.78. The second-order valence-electron chi connectivity index (χ2n) is 5.05. The van der Waals surface area contributed by atoms with Gasteiger partial charge in [0.2, 0.25) is 10.0 Å². The van der Waals surface area contributed by atoms with Crippen LogP contribution in [0.1, 0.15) is 51.3 Å². The number of unbranched alkanes of at least 4 members (excludes halogenated alkanes) is 1. The summed E-state index contributed by atoms with van der Waals surface area (Å²) in [6, 6.07) is 1.68. The van der Waals surface area contributed by atoms with Gasteiger partial charge in [-0.05, 0) is 37.8 Å². The van der Waals surface area contributed by atoms with E-state index in [0.717, 1.165) is 37.1 Å². The maximum absolute atomic E-state index is 12.4. The lowest BCUT2D eigenvalue weighted by Crippen LogP contribution is -2.33. The predicted molar refractivity (Wildman–Crippen MR) is 85.6 cm³/mol. The zero-order chi connectivity index (χ0) is 15.0. The van der Waals surface area contributed by atoms with E-state index in [4.69, 9.17) is 0 Å². The normalized spacial score (nSPS) is 13.6. The van der Waals surface area contributed by atoms with Crippen LogP contribution in [-0.2, 0) is 16.6 Å². The van der Waals surface area contributed by atoms with E-state index in [0.29, 0.717) is 11.4 Å². The first-order valence-corrected chi connectivity index (χ1v) is 9.67. The van der Waals surface area contributed by atoms with Crippen molar-refractivity contribution in [3.8, 4) is 0 Å². The average molecular weight is 319 g/mol. The molecule has 0 spiro atoms. The monoisotopic (exact) mass is 318 g/mol. The predicted octanol–water partition coefficient (Wildman–Crippen LogP) is 3.10. The van der Waals surface area contributed by atoms with Gasteiger partial charge in [0.15, 0.2) is 0 Å². The van der Waals surface area contributed by atoms with Crippen LogP contribution in [0.2, 0.25) is 0 Å². The van der Waals surface area contributed by atoms with Gasteiger partial charge in [-0.2, -0.15) is 0 Å². The smallest absolute Gasteiger partial charge is 0.241 e. The molecular weight excluding hydrogens is 292 g/mol. The lowest BCUT2D eigenvalue weighted by Gasteiger charge is -2.14. The van der Waals surface area contributed by atoms with Gasteiger partial charge in [-0.1, -0.05) is 26.7 Å². The highest BCUT2D eigenvalue weighted by atomic mass is 32.2. The van der Waals surface area contributed by atoms with Gasteiger partial charge in [-0.3, -0.25) is 0 Å². The summed E-state index contributed by atoms with van der Waals surface area (Å²) in [5.41, 5.74) is 0. The van der Waals surface area contributed by atoms with Crippen LogP contribution in [0.25, 0.3) is 0 Å². The van der Waals surface area contributed by atoms with E-state index in [2.05, 4.69) is 23.9 Å². The van der Waals surface area contributed by atoms with Crippen LogP contribution in [0.3, 0.4) is 0 Å². The zero-order valence-corrected chi connectivity index (χ0v) is 14.2. The molecular formula is C14H26N2O2S2. The van der Waals surface area contributed by atoms with E-state index in [1.54, 1.807) is 6.07 Å². The van der Waals surface area contributed by atoms with Gasteiger partial charge in [0.25, 0.3) is 0 Å². The van der Waals surface area contributed by atoms with Gasteiger partial charge >= 0.3 is 0 Å². The maximum Gasteiger partial charge on any atom is 0.241 e. The molecule has 0 radical (unpaired) electrons. The Hall–Kier alpha value is -0.430. The van der Waals surface area contributed by atoms with Crippen molar-refractivity contribution in [1.82, 2.24) is 10.0 Å². The van der Waals surface area contributed by atoms with Crippen LogP contribution in [0.4, 0.5) is 0 Å². The Morgan fingerprint density at radius 3 is 2.70 bits per heavy atom. The molecule has 1 atom stereocenters. The summed E-state index contributed by atoms with van der Waals surface area (Å²) in [7, 11) is -3.39. The number of nitrogens with one attached hydrogen (secondary N) is 2. The molecule has 1 heterocycles. The summed E-state index contributed by atoms with van der Waals surface area (Å²) in [5, 5.41) is 5.10. The van der Waals surface area contributed by atoms with Gasteiger partial charge in [0, 0.05) is 17.5 Å². The molecule has 0 bridgehead atoms. The Kier molecular flexibility index (Phi) is 7.72. The minimum Gasteiger partial charge on any atom is -0.312 e. The van der Waals surface area contributed by atoms with Crippen LogP contribution in [-0.4, -0.2) is 21.0 Å². The van der Waals surface area contributed by atoms with Crippen molar-refractivity contribution in [2.75, 3.05) is 6.54 Å². The Morgan fingerprint density at radius 2 is 2.05 bits per heavy atom. The summed E-state index contributed by atoms with van der Waals surface area (Å²) in [6.07, 6.45) is 4.04. The molecule has 0 saturated heterocycles. The number of rotatable bonds is 10. The molecule has 2 N–H and O–H groups in total. The molecule has 0 aromatic carbocycles. The molecule has 1 unspecified atom stereocenters. The Bertz CT molecular complexity index is 483. The summed E-state index contributed by atoms with van der Waals surface area (Å²) < 4.78 is 27.6. The van der Waals surface area contributed by atoms with Crippen molar-refractivity contribution in [1.29, 1.82) is 0 Å². The first kappa shape index (κ1) is 17.6. The third-order valence-electron chi connectivity index (χ3n) is 3.05. The van der Waals surface area contributed by atoms with Crippen LogP contribution in [0, 0.1) is 0 Å². The first-order valence-electron chi connectivity index (χ1n) is 7.30. The van der Waals surface area contributed by atoms with E-state index in [9.17, 15) is 8.42 Å². The average Bonchev–Trinajstić information content (AvgIpc) is 2.85. The van der Waals surface area contributed by atoms with Gasteiger partial charge in [0.1, 0.15) is 0 Å². The molecule has 0 aliphatic heterocycles. The Labute approximate surface area is 127 Å². The van der Waals surface area contributed by atoms with Crippen molar-refractivity contribution in [3.63, 3.8) is 0 Å². The van der Waals surface area contributed by atoms with E-state index in [1.807, 2.05) is 12.3 Å². The number of hydrogen-bond acceptors (Lipinski definition) is 4. The van der Waals surface area contributed by atoms with Crippen molar-refractivity contribution in [2.24, 2.45) is 0 Å². The minimum absolute atomic E-state index is 0.0173. The summed E-state index contributed by atoms with van der Waals surface area (Å²) >= 11 is 1.49. The van der Waals surface area contributed by atoms with Crippen LogP contribution >= 0.6 is 11.3 Å². The van der Waals surface area contributed by atoms with Gasteiger partial charge in [-0.15, -0.1) is 11.3 Å². The summed E-state index contributed by atoms with van der Waals surface area (Å²) in [4.78, 5) is 1.31. The molecule has 6 heteroatoms. The van der Waals surface area contributed by atoms with E-state index >= 15 is 0 Å². The molecule has 20 heavy (non-hydrogen) atoms. The molecule has 1 aromatic heterocycles. The molecule has 0 aliphatic rings. The number of sulfonamides is 1. The van der Waals surface area contributed by atoms with Crippen molar-refractivity contribution >= 4 is 21.4 Å². The van der Waals surface area contributed by atoms with Crippen LogP contribution < -0.4 is 10.0 Å². The largest absolute Gasteiger partial charge is 0.312 e. The lowest BCUT2D eigenvalue weighted by atomic mass is 10.2. The highest BCUT2D eigenvalue weighted by molar-refractivity contribution is 7.89. The SMILES string of the molecule is CCCCC(C)NS(=O)(=O)c1ccsc1CNCCC.